The average Bonchev–Trinajstić information content (AvgIpc) is 3.43. The van der Waals surface area contributed by atoms with Crippen LogP contribution in [0.15, 0.2) is 53.7 Å². The van der Waals surface area contributed by atoms with Gasteiger partial charge < -0.3 is 14.5 Å². The van der Waals surface area contributed by atoms with Crippen molar-refractivity contribution in [3.8, 4) is 0 Å². The lowest BCUT2D eigenvalue weighted by atomic mass is 10.2. The van der Waals surface area contributed by atoms with Gasteiger partial charge in [-0.2, -0.15) is 0 Å². The Hall–Kier alpha value is -3.44. The van der Waals surface area contributed by atoms with Crippen LogP contribution in [0.25, 0.3) is 22.1 Å². The van der Waals surface area contributed by atoms with E-state index in [4.69, 9.17) is 14.5 Å². The van der Waals surface area contributed by atoms with Crippen molar-refractivity contribution in [2.24, 2.45) is 0 Å². The molecule has 1 saturated heterocycles. The summed E-state index contributed by atoms with van der Waals surface area (Å²) in [5.74, 6) is 0.522. The van der Waals surface area contributed by atoms with Gasteiger partial charge in [0.1, 0.15) is 23.0 Å². The molecule has 10 nitrogen and oxygen atoms in total. The van der Waals surface area contributed by atoms with Gasteiger partial charge in [-0.3, -0.25) is 4.90 Å². The molecular weight excluding hydrogens is 458 g/mol. The minimum absolute atomic E-state index is 0.171. The molecular formula is C23H25N5O5S. The highest BCUT2D eigenvalue weighted by Gasteiger charge is 2.34. The Kier molecular flexibility index (Phi) is 5.33. The summed E-state index contributed by atoms with van der Waals surface area (Å²) in [5, 5.41) is 0.583. The molecule has 1 aliphatic rings. The third-order valence-corrected chi connectivity index (χ3v) is 7.20. The monoisotopic (exact) mass is 483 g/mol. The van der Waals surface area contributed by atoms with Crippen LogP contribution >= 0.6 is 0 Å². The average molecular weight is 484 g/mol. The fourth-order valence-electron chi connectivity index (χ4n) is 3.97. The zero-order chi connectivity index (χ0) is 24.1. The third kappa shape index (κ3) is 3.90. The van der Waals surface area contributed by atoms with Crippen LogP contribution in [0, 0.1) is 0 Å². The second-order valence-electron chi connectivity index (χ2n) is 9.07. The van der Waals surface area contributed by atoms with Crippen molar-refractivity contribution in [2.45, 2.75) is 37.3 Å². The van der Waals surface area contributed by atoms with Gasteiger partial charge in [-0.25, -0.2) is 27.2 Å². The molecule has 0 radical (unpaired) electrons. The Morgan fingerprint density at radius 1 is 1.21 bits per heavy atom. The fraction of sp³-hybridized carbons (Fsp3) is 0.348. The van der Waals surface area contributed by atoms with E-state index in [2.05, 4.69) is 9.97 Å². The normalized spacial score (nSPS) is 17.4. The van der Waals surface area contributed by atoms with E-state index in [1.54, 1.807) is 47.5 Å². The number of hydrogen-bond donors (Lipinski definition) is 1. The molecule has 4 heterocycles. The summed E-state index contributed by atoms with van der Waals surface area (Å²) >= 11 is 0. The number of carbonyl (C=O) groups is 1. The minimum Gasteiger partial charge on any atom is -0.444 e. The van der Waals surface area contributed by atoms with Gasteiger partial charge in [-0.05, 0) is 39.0 Å². The lowest BCUT2D eigenvalue weighted by Crippen LogP contribution is -2.46. The molecule has 1 fully saturated rings. The van der Waals surface area contributed by atoms with Crippen molar-refractivity contribution < 1.29 is 22.7 Å². The number of nitrogens with zero attached hydrogens (tertiary/aromatic N) is 4. The van der Waals surface area contributed by atoms with Crippen molar-refractivity contribution in [1.29, 1.82) is 0 Å². The number of benzene rings is 1. The summed E-state index contributed by atoms with van der Waals surface area (Å²) < 4.78 is 38.6. The molecule has 1 N–H and O–H groups in total. The predicted molar refractivity (Wildman–Crippen MR) is 125 cm³/mol. The number of morpholine rings is 1. The Labute approximate surface area is 196 Å². The van der Waals surface area contributed by atoms with Crippen LogP contribution in [0.4, 0.5) is 4.79 Å². The molecule has 1 unspecified atom stereocenters. The van der Waals surface area contributed by atoms with Crippen LogP contribution in [0.5, 0.6) is 0 Å². The molecule has 0 spiro atoms. The molecule has 1 amide bonds. The first kappa shape index (κ1) is 22.4. The summed E-state index contributed by atoms with van der Waals surface area (Å²) in [7, 11) is -3.82. The number of pyridine rings is 1. The fourth-order valence-corrected chi connectivity index (χ4v) is 5.30. The zero-order valence-corrected chi connectivity index (χ0v) is 19.9. The number of rotatable bonds is 3. The summed E-state index contributed by atoms with van der Waals surface area (Å²) in [6, 6.07) is 9.40. The second kappa shape index (κ2) is 8.10. The number of H-pyrrole nitrogens is 1. The molecule has 0 saturated carbocycles. The molecule has 0 aliphatic carbocycles. The predicted octanol–water partition coefficient (Wildman–Crippen LogP) is 3.46. The number of nitrogens with one attached hydrogen (secondary N) is 1. The third-order valence-electron chi connectivity index (χ3n) is 5.52. The van der Waals surface area contributed by atoms with Gasteiger partial charge in [0.25, 0.3) is 10.0 Å². The first-order valence-corrected chi connectivity index (χ1v) is 12.3. The molecule has 1 aromatic carbocycles. The SMILES string of the molecule is CC(C)(C)OC(=O)N1CCOCC1c1nc2c(cnc3c2ccn3S(=O)(=O)c2ccccc2)[nH]1. The highest BCUT2D eigenvalue weighted by Crippen LogP contribution is 2.30. The number of amides is 1. The quantitative estimate of drug-likeness (QED) is 0.474. The van der Waals surface area contributed by atoms with E-state index >= 15 is 0 Å². The van der Waals surface area contributed by atoms with Gasteiger partial charge >= 0.3 is 6.09 Å². The maximum Gasteiger partial charge on any atom is 0.411 e. The van der Waals surface area contributed by atoms with E-state index in [9.17, 15) is 13.2 Å². The number of hydrogen-bond acceptors (Lipinski definition) is 7. The summed E-state index contributed by atoms with van der Waals surface area (Å²) in [6.07, 6.45) is 2.58. The largest absolute Gasteiger partial charge is 0.444 e. The molecule has 1 aliphatic heterocycles. The van der Waals surface area contributed by atoms with Crippen molar-refractivity contribution in [3.63, 3.8) is 0 Å². The number of aromatic amines is 1. The van der Waals surface area contributed by atoms with E-state index in [0.717, 1.165) is 3.97 Å². The van der Waals surface area contributed by atoms with Gasteiger partial charge in [0, 0.05) is 18.1 Å². The maximum absolute atomic E-state index is 13.1. The van der Waals surface area contributed by atoms with E-state index in [1.807, 2.05) is 20.8 Å². The lowest BCUT2D eigenvalue weighted by Gasteiger charge is -2.35. The van der Waals surface area contributed by atoms with Gasteiger partial charge in [-0.15, -0.1) is 0 Å². The van der Waals surface area contributed by atoms with E-state index in [-0.39, 0.29) is 17.1 Å². The second-order valence-corrected chi connectivity index (χ2v) is 10.9. The first-order valence-electron chi connectivity index (χ1n) is 10.9. The summed E-state index contributed by atoms with van der Waals surface area (Å²) in [4.78, 5) is 26.9. The molecule has 5 rings (SSSR count). The number of imidazole rings is 1. The maximum atomic E-state index is 13.1. The molecule has 34 heavy (non-hydrogen) atoms. The number of carbonyl (C=O) groups excluding carboxylic acids is 1. The van der Waals surface area contributed by atoms with Crippen LogP contribution in [0.1, 0.15) is 32.6 Å². The smallest absolute Gasteiger partial charge is 0.411 e. The topological polar surface area (TPSA) is 119 Å². The van der Waals surface area contributed by atoms with Gasteiger partial charge in [-0.1, -0.05) is 18.2 Å². The number of fused-ring (bicyclic) bond motifs is 3. The van der Waals surface area contributed by atoms with Crippen molar-refractivity contribution >= 4 is 38.2 Å². The van der Waals surface area contributed by atoms with Crippen LogP contribution in [0.3, 0.4) is 0 Å². The van der Waals surface area contributed by atoms with Crippen LogP contribution in [-0.2, 0) is 19.5 Å². The van der Waals surface area contributed by atoms with Crippen LogP contribution < -0.4 is 0 Å². The number of aromatic nitrogens is 4. The number of ether oxygens (including phenoxy) is 2. The van der Waals surface area contributed by atoms with Crippen molar-refractivity contribution in [1.82, 2.24) is 23.8 Å². The van der Waals surface area contributed by atoms with E-state index in [0.29, 0.717) is 35.4 Å². The van der Waals surface area contributed by atoms with Gasteiger partial charge in [0.15, 0.2) is 5.65 Å². The zero-order valence-electron chi connectivity index (χ0n) is 19.1. The van der Waals surface area contributed by atoms with Crippen molar-refractivity contribution in [3.05, 3.63) is 54.6 Å². The molecule has 0 bridgehead atoms. The Bertz CT molecular complexity index is 1470. The Balaban J connectivity index is 1.55. The molecule has 4 aromatic rings. The van der Waals surface area contributed by atoms with Gasteiger partial charge in [0.05, 0.1) is 29.8 Å². The Morgan fingerprint density at radius 2 is 1.97 bits per heavy atom. The highest BCUT2D eigenvalue weighted by molar-refractivity contribution is 7.90. The molecule has 3 aromatic heterocycles. The molecule has 1 atom stereocenters. The summed E-state index contributed by atoms with van der Waals surface area (Å²) in [6.45, 7) is 6.49. The lowest BCUT2D eigenvalue weighted by molar-refractivity contribution is -0.0348. The van der Waals surface area contributed by atoms with Crippen molar-refractivity contribution in [2.75, 3.05) is 19.8 Å². The summed E-state index contributed by atoms with van der Waals surface area (Å²) in [5.41, 5.74) is 0.846. The van der Waals surface area contributed by atoms with Crippen LogP contribution in [0.2, 0.25) is 0 Å². The minimum atomic E-state index is -3.82. The van der Waals surface area contributed by atoms with E-state index in [1.165, 1.54) is 6.20 Å². The van der Waals surface area contributed by atoms with Gasteiger partial charge in [0.2, 0.25) is 0 Å². The van der Waals surface area contributed by atoms with Crippen LogP contribution in [-0.4, -0.2) is 63.7 Å². The first-order chi connectivity index (χ1) is 16.1. The van der Waals surface area contributed by atoms with E-state index < -0.39 is 27.8 Å². The molecule has 11 heteroatoms. The Morgan fingerprint density at radius 3 is 2.71 bits per heavy atom. The molecule has 178 valence electrons. The highest BCUT2D eigenvalue weighted by atomic mass is 32.2. The standard InChI is InChI=1S/C23H25N5O5S/c1-23(2,3)33-22(29)27-11-12-32-14-18(27)20-25-17-13-24-21-16(19(17)26-20)9-10-28(21)34(30,31)15-7-5-4-6-8-15/h4-10,13,18H,11-12,14H2,1-3H3,(H,25,26).